The number of amides is 2. The van der Waals surface area contributed by atoms with Crippen LogP contribution in [0.3, 0.4) is 0 Å². The molecule has 0 bridgehead atoms. The lowest BCUT2D eigenvalue weighted by molar-refractivity contribution is -0.113. The predicted octanol–water partition coefficient (Wildman–Crippen LogP) is 4.39. The lowest BCUT2D eigenvalue weighted by Gasteiger charge is -2.03. The first-order chi connectivity index (χ1) is 13.0. The molecule has 0 atom stereocenters. The number of benzene rings is 2. The lowest BCUT2D eigenvalue weighted by Crippen LogP contribution is -2.13. The van der Waals surface area contributed by atoms with Crippen LogP contribution in [0.15, 0.2) is 52.9 Å². The van der Waals surface area contributed by atoms with Crippen molar-refractivity contribution in [3.8, 4) is 0 Å². The average molecular weight is 439 g/mol. The highest BCUT2D eigenvalue weighted by atomic mass is 35.5. The van der Waals surface area contributed by atoms with Crippen LogP contribution >= 0.6 is 35.5 Å². The van der Waals surface area contributed by atoms with Gasteiger partial charge in [0.2, 0.25) is 11.0 Å². The number of hydrogen-bond donors (Lipinski definition) is 2. The van der Waals surface area contributed by atoms with Gasteiger partial charge in [-0.3, -0.25) is 14.9 Å². The zero-order valence-corrected chi connectivity index (χ0v) is 17.1. The molecule has 10 heteroatoms. The molecule has 0 radical (unpaired) electrons. The molecule has 0 fully saturated rings. The predicted molar refractivity (Wildman–Crippen MR) is 112 cm³/mol. The molecule has 1 aromatic heterocycles. The first kappa shape index (κ1) is 21.8. The summed E-state index contributed by atoms with van der Waals surface area (Å²) in [7, 11) is 0. The van der Waals surface area contributed by atoms with Gasteiger partial charge in [0.25, 0.3) is 5.91 Å². The molecule has 2 amide bonds. The molecule has 0 unspecified atom stereocenters. The Kier molecular flexibility index (Phi) is 7.91. The molecule has 2 N–H and O–H groups in total. The van der Waals surface area contributed by atoms with Crippen LogP contribution in [0.1, 0.15) is 15.9 Å². The first-order valence-corrected chi connectivity index (χ1v) is 9.69. The number of hydrogen-bond acceptors (Lipinski definition) is 6. The molecule has 2 aromatic carbocycles. The highest BCUT2D eigenvalue weighted by Gasteiger charge is 2.12. The summed E-state index contributed by atoms with van der Waals surface area (Å²) in [6, 6.07) is 12.8. The van der Waals surface area contributed by atoms with Crippen molar-refractivity contribution in [2.75, 3.05) is 16.4 Å². The van der Waals surface area contributed by atoms with Gasteiger partial charge in [0.15, 0.2) is 4.34 Å². The number of rotatable bonds is 6. The minimum atomic E-state index is -0.364. The molecule has 3 aromatic rings. The van der Waals surface area contributed by atoms with Gasteiger partial charge in [-0.05, 0) is 43.3 Å². The summed E-state index contributed by atoms with van der Waals surface area (Å²) in [4.78, 5) is 24.1. The van der Waals surface area contributed by atoms with Crippen LogP contribution in [-0.4, -0.2) is 27.8 Å². The SMILES string of the molecule is Cc1cccc(C(=O)Nc2nnc(SCC(=O)Nc3ccc(F)cc3)s2)c1.Cl. The van der Waals surface area contributed by atoms with E-state index in [4.69, 9.17) is 0 Å². The Bertz CT molecular complexity index is 966. The Morgan fingerprint density at radius 2 is 1.86 bits per heavy atom. The Morgan fingerprint density at radius 1 is 1.11 bits per heavy atom. The summed E-state index contributed by atoms with van der Waals surface area (Å²) in [5, 5.41) is 13.6. The van der Waals surface area contributed by atoms with E-state index in [0.29, 0.717) is 20.7 Å². The van der Waals surface area contributed by atoms with Crippen molar-refractivity contribution in [1.82, 2.24) is 10.2 Å². The van der Waals surface area contributed by atoms with Crippen LogP contribution in [0.4, 0.5) is 15.2 Å². The van der Waals surface area contributed by atoms with Gasteiger partial charge < -0.3 is 5.32 Å². The van der Waals surface area contributed by atoms with Gasteiger partial charge in [0.1, 0.15) is 5.82 Å². The molecule has 28 heavy (non-hydrogen) atoms. The smallest absolute Gasteiger partial charge is 0.257 e. The van der Waals surface area contributed by atoms with Gasteiger partial charge in [0.05, 0.1) is 5.75 Å². The standard InChI is InChI=1S/C18H15FN4O2S2.ClH/c1-11-3-2-4-12(9-11)16(25)21-17-22-23-18(27-17)26-10-15(24)20-14-7-5-13(19)6-8-14;/h2-9H,10H2,1H3,(H,20,24)(H,21,22,25);1H. The van der Waals surface area contributed by atoms with Crippen LogP contribution in [0, 0.1) is 12.7 Å². The van der Waals surface area contributed by atoms with Crippen LogP contribution < -0.4 is 10.6 Å². The summed E-state index contributed by atoms with van der Waals surface area (Å²) in [5.74, 6) is -0.748. The molecule has 0 spiro atoms. The third kappa shape index (κ3) is 6.29. The largest absolute Gasteiger partial charge is 0.325 e. The van der Waals surface area contributed by atoms with Crippen molar-refractivity contribution in [3.05, 3.63) is 65.5 Å². The molecular formula is C18H16ClFN4O2S2. The van der Waals surface area contributed by atoms with E-state index in [9.17, 15) is 14.0 Å². The highest BCUT2D eigenvalue weighted by molar-refractivity contribution is 8.01. The fourth-order valence-electron chi connectivity index (χ4n) is 2.13. The van der Waals surface area contributed by atoms with Gasteiger partial charge in [-0.2, -0.15) is 0 Å². The van der Waals surface area contributed by atoms with Gasteiger partial charge in [-0.25, -0.2) is 4.39 Å². The normalized spacial score (nSPS) is 10.1. The molecule has 0 saturated heterocycles. The molecule has 1 heterocycles. The number of halogens is 2. The molecule has 0 aliphatic rings. The van der Waals surface area contributed by atoms with Crippen molar-refractivity contribution < 1.29 is 14.0 Å². The van der Waals surface area contributed by atoms with E-state index >= 15 is 0 Å². The summed E-state index contributed by atoms with van der Waals surface area (Å²) in [6.07, 6.45) is 0. The number of thioether (sulfide) groups is 1. The number of aryl methyl sites for hydroxylation is 1. The number of aromatic nitrogens is 2. The van der Waals surface area contributed by atoms with Crippen LogP contribution in [-0.2, 0) is 4.79 Å². The second-order valence-electron chi connectivity index (χ2n) is 5.54. The Labute approximate surface area is 175 Å². The summed E-state index contributed by atoms with van der Waals surface area (Å²) in [6.45, 7) is 1.91. The Balaban J connectivity index is 0.00000280. The lowest BCUT2D eigenvalue weighted by atomic mass is 10.1. The van der Waals surface area contributed by atoms with Crippen molar-refractivity contribution >= 4 is 58.1 Å². The molecule has 0 aliphatic carbocycles. The molecule has 0 aliphatic heterocycles. The van der Waals surface area contributed by atoms with E-state index in [1.54, 1.807) is 12.1 Å². The fourth-order valence-corrected chi connectivity index (χ4v) is 3.68. The maximum atomic E-state index is 12.9. The summed E-state index contributed by atoms with van der Waals surface area (Å²) < 4.78 is 13.4. The second-order valence-corrected chi connectivity index (χ2v) is 7.74. The number of carbonyl (C=O) groups is 2. The Morgan fingerprint density at radius 3 is 2.57 bits per heavy atom. The van der Waals surface area contributed by atoms with E-state index in [0.717, 1.165) is 5.56 Å². The van der Waals surface area contributed by atoms with E-state index in [2.05, 4.69) is 20.8 Å². The third-order valence-electron chi connectivity index (χ3n) is 3.36. The third-order valence-corrected chi connectivity index (χ3v) is 5.33. The van der Waals surface area contributed by atoms with E-state index in [-0.39, 0.29) is 35.8 Å². The Hall–Kier alpha value is -2.49. The van der Waals surface area contributed by atoms with Crippen molar-refractivity contribution in [3.63, 3.8) is 0 Å². The van der Waals surface area contributed by atoms with Crippen molar-refractivity contribution in [1.29, 1.82) is 0 Å². The number of nitrogens with one attached hydrogen (secondary N) is 2. The van der Waals surface area contributed by atoms with Gasteiger partial charge in [-0.15, -0.1) is 22.6 Å². The van der Waals surface area contributed by atoms with Gasteiger partial charge in [-0.1, -0.05) is 40.8 Å². The molecule has 6 nitrogen and oxygen atoms in total. The topological polar surface area (TPSA) is 84.0 Å². The first-order valence-electron chi connectivity index (χ1n) is 7.89. The quantitative estimate of drug-likeness (QED) is 0.440. The minimum Gasteiger partial charge on any atom is -0.325 e. The van der Waals surface area contributed by atoms with E-state index in [1.807, 2.05) is 19.1 Å². The monoisotopic (exact) mass is 438 g/mol. The van der Waals surface area contributed by atoms with Crippen LogP contribution in [0.25, 0.3) is 0 Å². The molecular weight excluding hydrogens is 423 g/mol. The van der Waals surface area contributed by atoms with Crippen molar-refractivity contribution in [2.45, 2.75) is 11.3 Å². The molecule has 146 valence electrons. The zero-order chi connectivity index (χ0) is 19.2. The number of anilines is 2. The number of nitrogens with zero attached hydrogens (tertiary/aromatic N) is 2. The van der Waals surface area contributed by atoms with Gasteiger partial charge >= 0.3 is 0 Å². The highest BCUT2D eigenvalue weighted by Crippen LogP contribution is 2.26. The molecule has 3 rings (SSSR count). The second kappa shape index (κ2) is 10.2. The summed E-state index contributed by atoms with van der Waals surface area (Å²) in [5.41, 5.74) is 2.05. The fraction of sp³-hybridized carbons (Fsp3) is 0.111. The van der Waals surface area contributed by atoms with Crippen LogP contribution in [0.2, 0.25) is 0 Å². The van der Waals surface area contributed by atoms with E-state index in [1.165, 1.54) is 47.4 Å². The minimum absolute atomic E-state index is 0. The summed E-state index contributed by atoms with van der Waals surface area (Å²) >= 11 is 2.39. The average Bonchev–Trinajstić information content (AvgIpc) is 3.09. The van der Waals surface area contributed by atoms with Gasteiger partial charge in [0, 0.05) is 11.3 Å². The maximum absolute atomic E-state index is 12.9. The maximum Gasteiger partial charge on any atom is 0.257 e. The van der Waals surface area contributed by atoms with Crippen LogP contribution in [0.5, 0.6) is 0 Å². The number of carbonyl (C=O) groups excluding carboxylic acids is 2. The zero-order valence-electron chi connectivity index (χ0n) is 14.6. The van der Waals surface area contributed by atoms with E-state index < -0.39 is 0 Å². The van der Waals surface area contributed by atoms with Crippen molar-refractivity contribution in [2.24, 2.45) is 0 Å². The molecule has 0 saturated carbocycles.